The van der Waals surface area contributed by atoms with Crippen LogP contribution >= 0.6 is 22.9 Å². The molecule has 0 saturated carbocycles. The molecule has 0 spiro atoms. The second-order valence-electron chi connectivity index (χ2n) is 8.64. The third-order valence-electron chi connectivity index (χ3n) is 6.23. The normalized spacial score (nSPS) is 24.5. The molecular weight excluding hydrogens is 484 g/mol. The Labute approximate surface area is 203 Å². The summed E-state index contributed by atoms with van der Waals surface area (Å²) in [4.78, 5) is 32.4. The number of piperidine rings is 1. The summed E-state index contributed by atoms with van der Waals surface area (Å²) < 4.78 is 28.0. The molecule has 4 rings (SSSR count). The molecule has 2 fully saturated rings. The van der Waals surface area contributed by atoms with Gasteiger partial charge >= 0.3 is 0 Å². The van der Waals surface area contributed by atoms with E-state index in [-0.39, 0.29) is 24.4 Å². The number of nitrogens with zero attached hydrogens (tertiary/aromatic N) is 3. The van der Waals surface area contributed by atoms with E-state index in [4.69, 9.17) is 11.6 Å². The fourth-order valence-electron chi connectivity index (χ4n) is 4.60. The van der Waals surface area contributed by atoms with Crippen LogP contribution in [0.25, 0.3) is 6.08 Å². The van der Waals surface area contributed by atoms with Gasteiger partial charge in [-0.15, -0.1) is 11.3 Å². The van der Waals surface area contributed by atoms with E-state index in [1.807, 2.05) is 4.90 Å². The topological polar surface area (TPSA) is 90.0 Å². The number of carbonyl (C=O) groups is 2. The van der Waals surface area contributed by atoms with Crippen molar-refractivity contribution in [1.29, 1.82) is 0 Å². The minimum atomic E-state index is -3.81. The van der Waals surface area contributed by atoms with Crippen LogP contribution in [0.2, 0.25) is 4.34 Å². The highest BCUT2D eigenvalue weighted by atomic mass is 35.5. The maximum atomic E-state index is 13.0. The van der Waals surface area contributed by atoms with Crippen LogP contribution in [0.4, 0.5) is 0 Å². The second kappa shape index (κ2) is 10.7. The van der Waals surface area contributed by atoms with Crippen LogP contribution in [0.1, 0.15) is 30.6 Å². The second-order valence-corrected chi connectivity index (χ2v) is 12.0. The Morgan fingerprint density at radius 3 is 2.67 bits per heavy atom. The van der Waals surface area contributed by atoms with E-state index in [2.05, 4.69) is 21.8 Å². The van der Waals surface area contributed by atoms with Gasteiger partial charge in [0.1, 0.15) is 6.04 Å². The van der Waals surface area contributed by atoms with Crippen LogP contribution in [0.15, 0.2) is 29.7 Å². The molecule has 2 amide bonds. The van der Waals surface area contributed by atoms with E-state index in [0.717, 1.165) is 37.9 Å². The van der Waals surface area contributed by atoms with Gasteiger partial charge in [0.05, 0.1) is 10.9 Å². The van der Waals surface area contributed by atoms with Gasteiger partial charge in [0, 0.05) is 49.1 Å². The van der Waals surface area contributed by atoms with Gasteiger partial charge in [-0.1, -0.05) is 23.8 Å². The van der Waals surface area contributed by atoms with Crippen LogP contribution in [0, 0.1) is 0 Å². The fraction of sp³-hybridized carbons (Fsp3) is 0.545. The number of rotatable bonds is 8. The van der Waals surface area contributed by atoms with Crippen molar-refractivity contribution in [3.8, 4) is 0 Å². The Morgan fingerprint density at radius 1 is 1.18 bits per heavy atom. The Bertz CT molecular complexity index is 1030. The summed E-state index contributed by atoms with van der Waals surface area (Å²) in [6, 6.07) is 2.73. The Balaban J connectivity index is 1.33. The summed E-state index contributed by atoms with van der Waals surface area (Å²) in [5, 5.41) is 1.05. The zero-order valence-corrected chi connectivity index (χ0v) is 20.7. The molecule has 4 heterocycles. The first-order chi connectivity index (χ1) is 15.8. The molecular formula is C22H29ClN4O4S2. The zero-order chi connectivity index (χ0) is 23.4. The van der Waals surface area contributed by atoms with Crippen molar-refractivity contribution in [3.63, 3.8) is 0 Å². The first-order valence-corrected chi connectivity index (χ1v) is 14.0. The van der Waals surface area contributed by atoms with Gasteiger partial charge in [0.25, 0.3) is 0 Å². The van der Waals surface area contributed by atoms with Gasteiger partial charge in [-0.3, -0.25) is 14.5 Å². The Hall–Kier alpha value is -1.72. The number of sulfonamides is 1. The minimum absolute atomic E-state index is 0.00462. The van der Waals surface area contributed by atoms with E-state index < -0.39 is 16.1 Å². The largest absolute Gasteiger partial charge is 0.337 e. The van der Waals surface area contributed by atoms with Crippen LogP contribution < -0.4 is 4.72 Å². The summed E-state index contributed by atoms with van der Waals surface area (Å²) in [5.74, 6) is -0.402. The minimum Gasteiger partial charge on any atom is -0.337 e. The molecule has 180 valence electrons. The van der Waals surface area contributed by atoms with Crippen LogP contribution in [0.3, 0.4) is 0 Å². The van der Waals surface area contributed by atoms with E-state index >= 15 is 0 Å². The number of hydrogen-bond donors (Lipinski definition) is 1. The lowest BCUT2D eigenvalue weighted by molar-refractivity contribution is -0.143. The molecule has 2 saturated heterocycles. The van der Waals surface area contributed by atoms with Crippen molar-refractivity contribution in [3.05, 3.63) is 38.9 Å². The maximum absolute atomic E-state index is 13.0. The average Bonchev–Trinajstić information content (AvgIpc) is 3.52. The molecule has 0 unspecified atom stereocenters. The molecule has 1 aromatic heterocycles. The molecule has 3 aliphatic heterocycles. The predicted molar refractivity (Wildman–Crippen MR) is 130 cm³/mol. The number of thiophene rings is 1. The number of hydrogen-bond acceptors (Lipinski definition) is 6. The SMILES string of the molecule is O=C1[C@@H](NS(=O)(=O)C=Cc2ccc(Cl)s2)CCCN1CC(=O)N1CCC[C@H]1CN1CC=CC1. The number of likely N-dealkylation sites (tertiary alicyclic amines) is 2. The van der Waals surface area contributed by atoms with Crippen molar-refractivity contribution < 1.29 is 18.0 Å². The molecule has 1 N–H and O–H groups in total. The zero-order valence-electron chi connectivity index (χ0n) is 18.4. The van der Waals surface area contributed by atoms with Crippen LogP contribution in [-0.2, 0) is 19.6 Å². The van der Waals surface area contributed by atoms with Crippen molar-refractivity contribution in [1.82, 2.24) is 19.4 Å². The van der Waals surface area contributed by atoms with Crippen molar-refractivity contribution in [2.45, 2.75) is 37.8 Å². The summed E-state index contributed by atoms with van der Waals surface area (Å²) in [6.45, 7) is 3.84. The lowest BCUT2D eigenvalue weighted by atomic mass is 10.1. The highest BCUT2D eigenvalue weighted by Crippen LogP contribution is 2.23. The van der Waals surface area contributed by atoms with Gasteiger partial charge in [0.2, 0.25) is 21.8 Å². The number of amides is 2. The summed E-state index contributed by atoms with van der Waals surface area (Å²) >= 11 is 7.14. The summed E-state index contributed by atoms with van der Waals surface area (Å²) in [7, 11) is -3.81. The molecule has 8 nitrogen and oxygen atoms in total. The molecule has 1 aromatic rings. The summed E-state index contributed by atoms with van der Waals surface area (Å²) in [5.41, 5.74) is 0. The highest BCUT2D eigenvalue weighted by Gasteiger charge is 2.35. The highest BCUT2D eigenvalue weighted by molar-refractivity contribution is 7.92. The molecule has 0 radical (unpaired) electrons. The van der Waals surface area contributed by atoms with Crippen LogP contribution in [-0.4, -0.2) is 86.3 Å². The monoisotopic (exact) mass is 512 g/mol. The van der Waals surface area contributed by atoms with Gasteiger partial charge in [-0.25, -0.2) is 8.42 Å². The van der Waals surface area contributed by atoms with Gasteiger partial charge in [0.15, 0.2) is 0 Å². The van der Waals surface area contributed by atoms with Crippen LogP contribution in [0.5, 0.6) is 0 Å². The first-order valence-electron chi connectivity index (χ1n) is 11.2. The maximum Gasteiger partial charge on any atom is 0.242 e. The molecule has 0 bridgehead atoms. The van der Waals surface area contributed by atoms with Gasteiger partial charge in [-0.2, -0.15) is 4.72 Å². The molecule has 0 aliphatic carbocycles. The molecule has 3 aliphatic rings. The third kappa shape index (κ3) is 6.45. The van der Waals surface area contributed by atoms with Crippen molar-refractivity contribution in [2.75, 3.05) is 39.3 Å². The van der Waals surface area contributed by atoms with E-state index in [9.17, 15) is 18.0 Å². The van der Waals surface area contributed by atoms with E-state index in [0.29, 0.717) is 35.1 Å². The molecule has 2 atom stereocenters. The van der Waals surface area contributed by atoms with Gasteiger partial charge < -0.3 is 9.80 Å². The standard InChI is InChI=1S/C22H29ClN4O4S2/c23-20-8-7-18(32-20)9-14-33(30,31)24-19-6-4-12-26(22(19)29)16-21(28)27-13-3-5-17(27)15-25-10-1-2-11-25/h1-2,7-9,14,17,19,24H,3-6,10-13,15-16H2/t17-,19-/m0/s1. The van der Waals surface area contributed by atoms with E-state index in [1.165, 1.54) is 22.3 Å². The number of carbonyl (C=O) groups excluding carboxylic acids is 2. The third-order valence-corrected chi connectivity index (χ3v) is 8.53. The quantitative estimate of drug-likeness (QED) is 0.539. The number of halogens is 1. The Kier molecular flexibility index (Phi) is 7.91. The van der Waals surface area contributed by atoms with Gasteiger partial charge in [-0.05, 0) is 43.9 Å². The van der Waals surface area contributed by atoms with E-state index in [1.54, 1.807) is 12.1 Å². The molecule has 33 heavy (non-hydrogen) atoms. The van der Waals surface area contributed by atoms with Crippen molar-refractivity contribution in [2.24, 2.45) is 0 Å². The smallest absolute Gasteiger partial charge is 0.242 e. The lowest BCUT2D eigenvalue weighted by Gasteiger charge is -2.34. The van der Waals surface area contributed by atoms with Crippen molar-refractivity contribution >= 4 is 50.9 Å². The fourth-order valence-corrected chi connectivity index (χ4v) is 6.66. The molecule has 0 aromatic carbocycles. The molecule has 11 heteroatoms. The predicted octanol–water partition coefficient (Wildman–Crippen LogP) is 2.15. The Morgan fingerprint density at radius 2 is 1.94 bits per heavy atom. The summed E-state index contributed by atoms with van der Waals surface area (Å²) in [6.07, 6.45) is 8.72. The first kappa shape index (κ1) is 24.4. The average molecular weight is 513 g/mol. The number of nitrogens with one attached hydrogen (secondary N) is 1. The lowest BCUT2D eigenvalue weighted by Crippen LogP contribution is -2.55.